The van der Waals surface area contributed by atoms with Crippen molar-refractivity contribution >= 4 is 57.4 Å². The minimum atomic E-state index is -0.268. The normalized spacial score (nSPS) is 17.5. The van der Waals surface area contributed by atoms with Gasteiger partial charge in [-0.1, -0.05) is 30.0 Å². The Morgan fingerprint density at radius 2 is 1.78 bits per heavy atom. The molecule has 2 aliphatic rings. The van der Waals surface area contributed by atoms with Gasteiger partial charge in [0.05, 0.1) is 23.6 Å². The lowest BCUT2D eigenvalue weighted by Gasteiger charge is -2.37. The van der Waals surface area contributed by atoms with E-state index in [0.29, 0.717) is 65.6 Å². The molecule has 0 atom stereocenters. The van der Waals surface area contributed by atoms with Crippen molar-refractivity contribution in [1.82, 2.24) is 14.3 Å². The van der Waals surface area contributed by atoms with Crippen molar-refractivity contribution in [2.24, 2.45) is 0 Å². The predicted molar refractivity (Wildman–Crippen MR) is 149 cm³/mol. The summed E-state index contributed by atoms with van der Waals surface area (Å²) in [6.45, 7) is 5.21. The summed E-state index contributed by atoms with van der Waals surface area (Å²) < 4.78 is 20.4. The summed E-state index contributed by atoms with van der Waals surface area (Å²) in [6.07, 6.45) is 3.37. The Bertz CT molecular complexity index is 1450. The summed E-state index contributed by atoms with van der Waals surface area (Å²) in [5.74, 6) is 0.0263. The van der Waals surface area contributed by atoms with Gasteiger partial charge in [-0.3, -0.25) is 18.9 Å². The van der Waals surface area contributed by atoms with Crippen LogP contribution in [0.25, 0.3) is 11.7 Å². The Morgan fingerprint density at radius 3 is 2.49 bits per heavy atom. The molecule has 0 spiro atoms. The van der Waals surface area contributed by atoms with Crippen LogP contribution in [0.1, 0.15) is 11.1 Å². The minimum Gasteiger partial charge on any atom is -0.383 e. The van der Waals surface area contributed by atoms with Gasteiger partial charge in [-0.25, -0.2) is 9.37 Å². The molecule has 192 valence electrons. The van der Waals surface area contributed by atoms with Gasteiger partial charge in [-0.15, -0.1) is 0 Å². The van der Waals surface area contributed by atoms with E-state index in [9.17, 15) is 14.0 Å². The Morgan fingerprint density at radius 1 is 1.08 bits per heavy atom. The van der Waals surface area contributed by atoms with Crippen molar-refractivity contribution < 1.29 is 13.9 Å². The molecular formula is C26H26FN5O3S2. The third-order valence-corrected chi connectivity index (χ3v) is 7.80. The number of ether oxygens (including phenoxy) is 1. The molecule has 8 nitrogen and oxygen atoms in total. The number of hydrogen-bond donors (Lipinski definition) is 0. The first-order valence-electron chi connectivity index (χ1n) is 11.9. The molecule has 3 aromatic rings. The number of halogens is 1. The largest absolute Gasteiger partial charge is 0.383 e. The van der Waals surface area contributed by atoms with Crippen LogP contribution < -0.4 is 15.4 Å². The van der Waals surface area contributed by atoms with Gasteiger partial charge in [0.2, 0.25) is 0 Å². The second-order valence-corrected chi connectivity index (χ2v) is 10.5. The van der Waals surface area contributed by atoms with Crippen molar-refractivity contribution in [3.63, 3.8) is 0 Å². The zero-order valence-corrected chi connectivity index (χ0v) is 22.1. The number of anilines is 2. The summed E-state index contributed by atoms with van der Waals surface area (Å²) in [4.78, 5) is 37.8. The van der Waals surface area contributed by atoms with Gasteiger partial charge in [0.25, 0.3) is 11.5 Å². The van der Waals surface area contributed by atoms with Gasteiger partial charge in [-0.05, 0) is 48.9 Å². The fourth-order valence-electron chi connectivity index (χ4n) is 4.45. The molecule has 2 fully saturated rings. The lowest BCUT2D eigenvalue weighted by molar-refractivity contribution is -0.122. The van der Waals surface area contributed by atoms with Crippen LogP contribution in [0, 0.1) is 12.7 Å². The third-order valence-electron chi connectivity index (χ3n) is 6.42. The molecular weight excluding hydrogens is 513 g/mol. The van der Waals surface area contributed by atoms with E-state index in [4.69, 9.17) is 21.9 Å². The highest BCUT2D eigenvalue weighted by atomic mass is 32.2. The molecule has 0 saturated carbocycles. The second kappa shape index (κ2) is 10.6. The lowest BCUT2D eigenvalue weighted by atomic mass is 10.2. The van der Waals surface area contributed by atoms with E-state index < -0.39 is 0 Å². The third kappa shape index (κ3) is 5.11. The first-order valence-corrected chi connectivity index (χ1v) is 13.1. The Kier molecular flexibility index (Phi) is 7.27. The van der Waals surface area contributed by atoms with Gasteiger partial charge < -0.3 is 14.5 Å². The SMILES string of the molecule is COCCN1C(=O)/C(=C/c2c(N3CCN(c4ccc(F)cc4)CC3)nc3ccc(C)cn3c2=O)SC1=S. The highest BCUT2D eigenvalue weighted by Crippen LogP contribution is 2.33. The van der Waals surface area contributed by atoms with Crippen LogP contribution in [0.3, 0.4) is 0 Å². The van der Waals surface area contributed by atoms with E-state index in [0.717, 1.165) is 11.3 Å². The summed E-state index contributed by atoms with van der Waals surface area (Å²) in [7, 11) is 1.57. The van der Waals surface area contributed by atoms with Gasteiger partial charge in [0.1, 0.15) is 21.6 Å². The molecule has 0 N–H and O–H groups in total. The number of nitrogens with zero attached hydrogens (tertiary/aromatic N) is 5. The van der Waals surface area contributed by atoms with Crippen LogP contribution >= 0.6 is 24.0 Å². The Hall–Kier alpha value is -3.28. The Labute approximate surface area is 223 Å². The maximum absolute atomic E-state index is 13.7. The smallest absolute Gasteiger partial charge is 0.267 e. The first kappa shape index (κ1) is 25.4. The van der Waals surface area contributed by atoms with E-state index in [1.165, 1.54) is 33.2 Å². The number of hydrogen-bond acceptors (Lipinski definition) is 8. The maximum Gasteiger partial charge on any atom is 0.267 e. The van der Waals surface area contributed by atoms with Crippen LogP contribution in [0.15, 0.2) is 52.3 Å². The van der Waals surface area contributed by atoms with Crippen LogP contribution in [0.5, 0.6) is 0 Å². The number of carbonyl (C=O) groups is 1. The van der Waals surface area contributed by atoms with Crippen molar-refractivity contribution in [3.8, 4) is 0 Å². The van der Waals surface area contributed by atoms with Crippen molar-refractivity contribution in [1.29, 1.82) is 0 Å². The van der Waals surface area contributed by atoms with E-state index in [1.54, 1.807) is 31.5 Å². The highest BCUT2D eigenvalue weighted by molar-refractivity contribution is 8.26. The summed E-state index contributed by atoms with van der Waals surface area (Å²) >= 11 is 6.59. The molecule has 2 aliphatic heterocycles. The fraction of sp³-hybridized carbons (Fsp3) is 0.308. The number of carbonyl (C=O) groups excluding carboxylic acids is 1. The van der Waals surface area contributed by atoms with Crippen molar-refractivity contribution in [2.45, 2.75) is 6.92 Å². The molecule has 0 bridgehead atoms. The van der Waals surface area contributed by atoms with E-state index >= 15 is 0 Å². The molecule has 37 heavy (non-hydrogen) atoms. The number of fused-ring (bicyclic) bond motifs is 1. The van der Waals surface area contributed by atoms with Gasteiger partial charge in [0.15, 0.2) is 0 Å². The number of methoxy groups -OCH3 is 1. The monoisotopic (exact) mass is 539 g/mol. The van der Waals surface area contributed by atoms with E-state index in [1.807, 2.05) is 19.1 Å². The number of benzene rings is 1. The molecule has 1 amide bonds. The molecule has 0 unspecified atom stereocenters. The topological polar surface area (TPSA) is 70.4 Å². The molecule has 5 rings (SSSR count). The average Bonchev–Trinajstić information content (AvgIpc) is 3.17. The number of amides is 1. The minimum absolute atomic E-state index is 0.243. The number of thioether (sulfide) groups is 1. The van der Waals surface area contributed by atoms with Gasteiger partial charge >= 0.3 is 0 Å². The Balaban J connectivity index is 1.51. The van der Waals surface area contributed by atoms with Crippen molar-refractivity contribution in [2.75, 3.05) is 56.2 Å². The van der Waals surface area contributed by atoms with E-state index in [2.05, 4.69) is 9.80 Å². The van der Waals surface area contributed by atoms with Crippen molar-refractivity contribution in [3.05, 3.63) is 74.8 Å². The van der Waals surface area contributed by atoms with Crippen LogP contribution in [0.2, 0.25) is 0 Å². The molecule has 2 aromatic heterocycles. The summed E-state index contributed by atoms with van der Waals surface area (Å²) in [5.41, 5.74) is 2.52. The van der Waals surface area contributed by atoms with E-state index in [-0.39, 0.29) is 17.3 Å². The summed E-state index contributed by atoms with van der Waals surface area (Å²) in [6, 6.07) is 10.2. The molecule has 0 radical (unpaired) electrons. The fourth-order valence-corrected chi connectivity index (χ4v) is 5.74. The van der Waals surface area contributed by atoms with Gasteiger partial charge in [0, 0.05) is 45.2 Å². The zero-order chi connectivity index (χ0) is 26.1. The first-order chi connectivity index (χ1) is 17.9. The number of thiocarbonyl (C=S) groups is 1. The maximum atomic E-state index is 13.7. The standard InChI is InChI=1S/C26H26FN5O3S2/c1-17-3-8-22-28-23(30-11-9-29(10-12-30)19-6-4-18(27)5-7-19)20(24(33)32(22)16-17)15-21-25(34)31(13-14-35-2)26(36)37-21/h3-8,15-16H,9-14H2,1-2H3/b21-15-. The quantitative estimate of drug-likeness (QED) is 0.349. The van der Waals surface area contributed by atoms with Crippen LogP contribution in [-0.4, -0.2) is 71.0 Å². The van der Waals surface area contributed by atoms with Crippen LogP contribution in [0.4, 0.5) is 15.9 Å². The lowest BCUT2D eigenvalue weighted by Crippen LogP contribution is -2.47. The molecule has 0 aliphatic carbocycles. The second-order valence-electron chi connectivity index (χ2n) is 8.87. The number of aryl methyl sites for hydroxylation is 1. The van der Waals surface area contributed by atoms with Crippen LogP contribution in [-0.2, 0) is 9.53 Å². The predicted octanol–water partition coefficient (Wildman–Crippen LogP) is 3.32. The molecule has 1 aromatic carbocycles. The molecule has 2 saturated heterocycles. The number of aromatic nitrogens is 2. The molecule has 11 heteroatoms. The molecule has 4 heterocycles. The highest BCUT2D eigenvalue weighted by Gasteiger charge is 2.33. The number of piperazine rings is 1. The summed E-state index contributed by atoms with van der Waals surface area (Å²) in [5, 5.41) is 0. The zero-order valence-electron chi connectivity index (χ0n) is 20.5. The number of rotatable bonds is 6. The number of pyridine rings is 1. The average molecular weight is 540 g/mol. The van der Waals surface area contributed by atoms with Gasteiger partial charge in [-0.2, -0.15) is 0 Å².